The van der Waals surface area contributed by atoms with Crippen molar-refractivity contribution in [3.05, 3.63) is 28.2 Å². The Labute approximate surface area is 134 Å². The molecule has 1 aromatic rings. The molecule has 0 aliphatic rings. The zero-order valence-corrected chi connectivity index (χ0v) is 13.2. The molecule has 1 rings (SSSR count). The van der Waals surface area contributed by atoms with Crippen molar-refractivity contribution < 1.29 is 25.2 Å². The van der Waals surface area contributed by atoms with Crippen molar-refractivity contribution in [2.45, 2.75) is 32.4 Å². The SMILES string of the molecule is CCCC(C(=O)O)n1cc(O)c(=O)cc1CN(CCO)CCO. The molecular formula is C15H24N2O6. The van der Waals surface area contributed by atoms with Gasteiger partial charge in [0.1, 0.15) is 6.04 Å². The second kappa shape index (κ2) is 9.29. The van der Waals surface area contributed by atoms with E-state index in [1.54, 1.807) is 4.90 Å². The molecule has 4 N–H and O–H groups in total. The molecule has 1 unspecified atom stereocenters. The summed E-state index contributed by atoms with van der Waals surface area (Å²) in [7, 11) is 0. The Balaban J connectivity index is 3.25. The highest BCUT2D eigenvalue weighted by molar-refractivity contribution is 5.72. The van der Waals surface area contributed by atoms with Crippen LogP contribution in [-0.2, 0) is 11.3 Å². The fourth-order valence-electron chi connectivity index (χ4n) is 2.43. The van der Waals surface area contributed by atoms with E-state index >= 15 is 0 Å². The van der Waals surface area contributed by atoms with Crippen molar-refractivity contribution >= 4 is 5.97 Å². The lowest BCUT2D eigenvalue weighted by molar-refractivity contribution is -0.141. The quantitative estimate of drug-likeness (QED) is 0.467. The lowest BCUT2D eigenvalue weighted by atomic mass is 10.1. The highest BCUT2D eigenvalue weighted by atomic mass is 16.4. The van der Waals surface area contributed by atoms with Gasteiger partial charge in [-0.25, -0.2) is 4.79 Å². The number of aliphatic hydroxyl groups excluding tert-OH is 2. The molecule has 0 aliphatic carbocycles. The van der Waals surface area contributed by atoms with Crippen LogP contribution in [0.3, 0.4) is 0 Å². The molecule has 0 fully saturated rings. The lowest BCUT2D eigenvalue weighted by Gasteiger charge is -2.25. The lowest BCUT2D eigenvalue weighted by Crippen LogP contribution is -2.33. The van der Waals surface area contributed by atoms with E-state index in [0.717, 1.165) is 6.20 Å². The second-order valence-corrected chi connectivity index (χ2v) is 5.29. The molecule has 8 heteroatoms. The standard InChI is InChI=1S/C15H24N2O6/c1-2-3-12(15(22)23)17-10-14(21)13(20)8-11(17)9-16(4-6-18)5-7-19/h8,10,12,18-19,21H,2-7,9H2,1H3,(H,22,23). The van der Waals surface area contributed by atoms with Gasteiger partial charge in [-0.15, -0.1) is 0 Å². The van der Waals surface area contributed by atoms with Crippen molar-refractivity contribution in [1.82, 2.24) is 9.47 Å². The van der Waals surface area contributed by atoms with E-state index in [1.165, 1.54) is 10.6 Å². The van der Waals surface area contributed by atoms with Crippen LogP contribution in [0.25, 0.3) is 0 Å². The Morgan fingerprint density at radius 3 is 2.39 bits per heavy atom. The largest absolute Gasteiger partial charge is 0.503 e. The van der Waals surface area contributed by atoms with Crippen molar-refractivity contribution in [3.63, 3.8) is 0 Å². The third kappa shape index (κ3) is 5.34. The number of carboxylic acid groups (broad SMARTS) is 1. The molecule has 0 saturated heterocycles. The summed E-state index contributed by atoms with van der Waals surface area (Å²) in [5.74, 6) is -1.56. The van der Waals surface area contributed by atoms with Gasteiger partial charge in [0, 0.05) is 31.4 Å². The summed E-state index contributed by atoms with van der Waals surface area (Å²) in [6.45, 7) is 2.34. The molecular weight excluding hydrogens is 304 g/mol. The third-order valence-corrected chi connectivity index (χ3v) is 3.54. The Bertz CT molecular complexity index is 566. The van der Waals surface area contributed by atoms with E-state index in [1.807, 2.05) is 6.92 Å². The molecule has 0 spiro atoms. The van der Waals surface area contributed by atoms with Gasteiger partial charge < -0.3 is 25.0 Å². The molecule has 0 bridgehead atoms. The first-order chi connectivity index (χ1) is 10.9. The second-order valence-electron chi connectivity index (χ2n) is 5.29. The van der Waals surface area contributed by atoms with Gasteiger partial charge in [0.05, 0.1) is 19.4 Å². The van der Waals surface area contributed by atoms with E-state index in [9.17, 15) is 19.8 Å². The van der Waals surface area contributed by atoms with E-state index < -0.39 is 23.2 Å². The molecule has 0 radical (unpaired) electrons. The van der Waals surface area contributed by atoms with Gasteiger partial charge in [-0.2, -0.15) is 0 Å². The summed E-state index contributed by atoms with van der Waals surface area (Å²) in [6, 6.07) is 0.300. The van der Waals surface area contributed by atoms with Crippen LogP contribution in [-0.4, -0.2) is 62.2 Å². The zero-order chi connectivity index (χ0) is 17.4. The van der Waals surface area contributed by atoms with Crippen molar-refractivity contribution in [2.75, 3.05) is 26.3 Å². The molecule has 8 nitrogen and oxygen atoms in total. The first-order valence-electron chi connectivity index (χ1n) is 7.55. The summed E-state index contributed by atoms with van der Waals surface area (Å²) in [5, 5.41) is 37.2. The predicted molar refractivity (Wildman–Crippen MR) is 83.4 cm³/mol. The van der Waals surface area contributed by atoms with Gasteiger partial charge in [-0.05, 0) is 6.42 Å². The van der Waals surface area contributed by atoms with Gasteiger partial charge in [0.2, 0.25) is 5.43 Å². The van der Waals surface area contributed by atoms with Crippen LogP contribution in [0, 0.1) is 0 Å². The maximum Gasteiger partial charge on any atom is 0.326 e. The van der Waals surface area contributed by atoms with E-state index in [4.69, 9.17) is 10.2 Å². The Kier molecular flexibility index (Phi) is 7.73. The summed E-state index contributed by atoms with van der Waals surface area (Å²) in [4.78, 5) is 24.9. The highest BCUT2D eigenvalue weighted by Crippen LogP contribution is 2.19. The maximum atomic E-state index is 11.7. The summed E-state index contributed by atoms with van der Waals surface area (Å²) in [5.41, 5.74) is -0.180. The fourth-order valence-corrected chi connectivity index (χ4v) is 2.43. The number of aliphatic hydroxyl groups is 2. The first kappa shape index (κ1) is 19.1. The number of aliphatic carboxylic acids is 1. The van der Waals surface area contributed by atoms with Crippen LogP contribution >= 0.6 is 0 Å². The van der Waals surface area contributed by atoms with E-state index in [2.05, 4.69) is 0 Å². The number of carboxylic acids is 1. The van der Waals surface area contributed by atoms with Crippen molar-refractivity contribution in [1.29, 1.82) is 0 Å². The minimum Gasteiger partial charge on any atom is -0.503 e. The van der Waals surface area contributed by atoms with Crippen molar-refractivity contribution in [2.24, 2.45) is 0 Å². The minimum atomic E-state index is -1.05. The number of hydrogen-bond acceptors (Lipinski definition) is 6. The summed E-state index contributed by atoms with van der Waals surface area (Å²) in [6.07, 6.45) is 2.12. The smallest absolute Gasteiger partial charge is 0.326 e. The molecule has 1 aromatic heterocycles. The number of hydrogen-bond donors (Lipinski definition) is 4. The molecule has 0 saturated carbocycles. The predicted octanol–water partition coefficient (Wildman–Crippen LogP) is -0.234. The molecule has 0 aliphatic heterocycles. The van der Waals surface area contributed by atoms with Crippen molar-refractivity contribution in [3.8, 4) is 5.75 Å². The normalized spacial score (nSPS) is 12.5. The van der Waals surface area contributed by atoms with Gasteiger partial charge >= 0.3 is 5.97 Å². The van der Waals surface area contributed by atoms with Gasteiger partial charge in [-0.3, -0.25) is 9.69 Å². The van der Waals surface area contributed by atoms with Crippen LogP contribution in [0.15, 0.2) is 17.1 Å². The molecule has 1 atom stereocenters. The molecule has 0 aromatic carbocycles. The Morgan fingerprint density at radius 2 is 1.91 bits per heavy atom. The summed E-state index contributed by atoms with van der Waals surface area (Å²) >= 11 is 0. The fraction of sp³-hybridized carbons (Fsp3) is 0.600. The number of pyridine rings is 1. The Morgan fingerprint density at radius 1 is 1.30 bits per heavy atom. The first-order valence-corrected chi connectivity index (χ1v) is 7.55. The van der Waals surface area contributed by atoms with Gasteiger partial charge in [-0.1, -0.05) is 13.3 Å². The van der Waals surface area contributed by atoms with Crippen LogP contribution < -0.4 is 5.43 Å². The third-order valence-electron chi connectivity index (χ3n) is 3.54. The average molecular weight is 328 g/mol. The van der Waals surface area contributed by atoms with E-state index in [0.29, 0.717) is 18.5 Å². The van der Waals surface area contributed by atoms with Crippen LogP contribution in [0.1, 0.15) is 31.5 Å². The molecule has 0 amide bonds. The van der Waals surface area contributed by atoms with Crippen LogP contribution in [0.4, 0.5) is 0 Å². The maximum absolute atomic E-state index is 11.7. The number of nitrogens with zero attached hydrogens (tertiary/aromatic N) is 2. The molecule has 23 heavy (non-hydrogen) atoms. The topological polar surface area (TPSA) is 123 Å². The number of aromatic hydroxyl groups is 1. The highest BCUT2D eigenvalue weighted by Gasteiger charge is 2.22. The van der Waals surface area contributed by atoms with E-state index in [-0.39, 0.29) is 32.8 Å². The Hall–Kier alpha value is -1.90. The number of carbonyl (C=O) groups is 1. The van der Waals surface area contributed by atoms with Crippen LogP contribution in [0.5, 0.6) is 5.75 Å². The van der Waals surface area contributed by atoms with Gasteiger partial charge in [0.25, 0.3) is 0 Å². The monoisotopic (exact) mass is 328 g/mol. The van der Waals surface area contributed by atoms with Gasteiger partial charge in [0.15, 0.2) is 5.75 Å². The van der Waals surface area contributed by atoms with Crippen LogP contribution in [0.2, 0.25) is 0 Å². The molecule has 1 heterocycles. The minimum absolute atomic E-state index is 0.125. The number of aromatic nitrogens is 1. The zero-order valence-electron chi connectivity index (χ0n) is 13.2. The molecule has 130 valence electrons. The average Bonchev–Trinajstić information content (AvgIpc) is 2.49. The number of rotatable bonds is 10. The summed E-state index contributed by atoms with van der Waals surface area (Å²) < 4.78 is 1.38.